The van der Waals surface area contributed by atoms with E-state index in [1.807, 2.05) is 0 Å². The van der Waals surface area contributed by atoms with Crippen molar-refractivity contribution in [2.45, 2.75) is 83.4 Å². The highest BCUT2D eigenvalue weighted by Crippen LogP contribution is 2.43. The quantitative estimate of drug-likeness (QED) is 0.412. The van der Waals surface area contributed by atoms with Crippen LogP contribution in [0.15, 0.2) is 23.3 Å². The van der Waals surface area contributed by atoms with Gasteiger partial charge in [0, 0.05) is 19.3 Å². The van der Waals surface area contributed by atoms with Gasteiger partial charge in [0.2, 0.25) is 11.8 Å². The lowest BCUT2D eigenvalue weighted by molar-refractivity contribution is -0.148. The first-order valence-electron chi connectivity index (χ1n) is 12.4. The first-order chi connectivity index (χ1) is 16.6. The monoisotopic (exact) mass is 486 g/mol. The zero-order chi connectivity index (χ0) is 25.6. The lowest BCUT2D eigenvalue weighted by Crippen LogP contribution is -2.62. The second kappa shape index (κ2) is 11.2. The highest BCUT2D eigenvalue weighted by molar-refractivity contribution is 6.01. The molecule has 1 atom stereocenters. The molecule has 5 N–H and O–H groups in total. The van der Waals surface area contributed by atoms with Crippen LogP contribution >= 0.6 is 0 Å². The van der Waals surface area contributed by atoms with E-state index in [1.54, 1.807) is 44.0 Å². The number of nitrogens with one attached hydrogen (secondary N) is 1. The van der Waals surface area contributed by atoms with Crippen molar-refractivity contribution in [3.8, 4) is 0 Å². The van der Waals surface area contributed by atoms with Gasteiger partial charge in [-0.1, -0.05) is 25.3 Å². The van der Waals surface area contributed by atoms with Crippen LogP contribution in [-0.2, 0) is 20.9 Å². The van der Waals surface area contributed by atoms with E-state index in [-0.39, 0.29) is 36.7 Å². The summed E-state index contributed by atoms with van der Waals surface area (Å²) in [4.78, 5) is 47.9. The molecule has 10 heteroatoms. The fraction of sp³-hybridized carbons (Fsp3) is 0.640. The maximum absolute atomic E-state index is 13.6. The van der Waals surface area contributed by atoms with Gasteiger partial charge in [0.25, 0.3) is 0 Å². The Bertz CT molecular complexity index is 950. The maximum Gasteiger partial charge on any atom is 0.436 e. The van der Waals surface area contributed by atoms with E-state index in [0.29, 0.717) is 18.7 Å². The Labute approximate surface area is 206 Å². The number of rotatable bonds is 6. The summed E-state index contributed by atoms with van der Waals surface area (Å²) in [6.45, 7) is 5.95. The number of hydrogen-bond acceptors (Lipinski definition) is 6. The van der Waals surface area contributed by atoms with E-state index in [9.17, 15) is 14.4 Å². The standard InChI is InChI=1S/C25H38N6O4/c1-24(2,3)35-23(34)30-21(27)19-11-10-17(15-28-19)16-29-22(33)25(18-8-5-4-6-9-18)12-7-13-31(25)20(32)14-26/h10-11,15,18H,4-9,12-14,16,26H2,1-3H3,(H,29,33)(H2,27,30,34)/t25-/m1/s1. The molecule has 0 radical (unpaired) electrons. The molecule has 35 heavy (non-hydrogen) atoms. The van der Waals surface area contributed by atoms with Crippen molar-refractivity contribution in [2.24, 2.45) is 22.4 Å². The molecule has 1 saturated heterocycles. The topological polar surface area (TPSA) is 153 Å². The first-order valence-corrected chi connectivity index (χ1v) is 12.4. The summed E-state index contributed by atoms with van der Waals surface area (Å²) in [6, 6.07) is 3.41. The normalized spacial score (nSPS) is 21.6. The summed E-state index contributed by atoms with van der Waals surface area (Å²) in [5.74, 6) is -0.209. The Morgan fingerprint density at radius 2 is 1.91 bits per heavy atom. The lowest BCUT2D eigenvalue weighted by atomic mass is 9.72. The number of aromatic nitrogens is 1. The number of ether oxygens (including phenoxy) is 1. The summed E-state index contributed by atoms with van der Waals surface area (Å²) in [5, 5.41) is 3.05. The second-order valence-corrected chi connectivity index (χ2v) is 10.3. The van der Waals surface area contributed by atoms with Crippen molar-refractivity contribution in [3.05, 3.63) is 29.6 Å². The summed E-state index contributed by atoms with van der Waals surface area (Å²) < 4.78 is 5.14. The highest BCUT2D eigenvalue weighted by atomic mass is 16.6. The molecule has 2 fully saturated rings. The number of aliphatic imine (C=N–C) groups is 1. The second-order valence-electron chi connectivity index (χ2n) is 10.3. The van der Waals surface area contributed by atoms with Gasteiger partial charge in [0.1, 0.15) is 16.8 Å². The molecule has 1 saturated carbocycles. The summed E-state index contributed by atoms with van der Waals surface area (Å²) in [7, 11) is 0. The van der Waals surface area contributed by atoms with Crippen LogP contribution < -0.4 is 16.8 Å². The fourth-order valence-corrected chi connectivity index (χ4v) is 5.18. The van der Waals surface area contributed by atoms with Crippen LogP contribution in [0.1, 0.15) is 77.0 Å². The molecule has 1 aromatic heterocycles. The van der Waals surface area contributed by atoms with Gasteiger partial charge >= 0.3 is 6.09 Å². The molecule has 1 aromatic rings. The Morgan fingerprint density at radius 3 is 2.51 bits per heavy atom. The van der Waals surface area contributed by atoms with E-state index in [0.717, 1.165) is 44.1 Å². The number of amides is 3. The largest absolute Gasteiger partial charge is 0.442 e. The van der Waals surface area contributed by atoms with Crippen molar-refractivity contribution >= 4 is 23.7 Å². The molecule has 0 unspecified atom stereocenters. The van der Waals surface area contributed by atoms with Crippen LogP contribution in [0, 0.1) is 5.92 Å². The van der Waals surface area contributed by atoms with Gasteiger partial charge in [-0.05, 0) is 64.0 Å². The zero-order valence-electron chi connectivity index (χ0n) is 21.0. The van der Waals surface area contributed by atoms with Crippen LogP contribution in [0.5, 0.6) is 0 Å². The molecule has 10 nitrogen and oxygen atoms in total. The number of nitrogens with zero attached hydrogens (tertiary/aromatic N) is 3. The third-order valence-electron chi connectivity index (χ3n) is 6.72. The smallest absolute Gasteiger partial charge is 0.436 e. The Kier molecular flexibility index (Phi) is 8.47. The highest BCUT2D eigenvalue weighted by Gasteiger charge is 2.54. The van der Waals surface area contributed by atoms with Crippen LogP contribution in [0.3, 0.4) is 0 Å². The number of pyridine rings is 1. The van der Waals surface area contributed by atoms with E-state index >= 15 is 0 Å². The van der Waals surface area contributed by atoms with Crippen molar-refractivity contribution in [2.75, 3.05) is 13.1 Å². The van der Waals surface area contributed by atoms with Gasteiger partial charge in [-0.2, -0.15) is 4.99 Å². The minimum Gasteiger partial charge on any atom is -0.442 e. The van der Waals surface area contributed by atoms with Crippen molar-refractivity contribution < 1.29 is 19.1 Å². The van der Waals surface area contributed by atoms with Crippen molar-refractivity contribution in [3.63, 3.8) is 0 Å². The van der Waals surface area contributed by atoms with Crippen LogP contribution in [-0.4, -0.2) is 57.9 Å². The minimum atomic E-state index is -0.839. The van der Waals surface area contributed by atoms with Crippen molar-refractivity contribution in [1.29, 1.82) is 0 Å². The third-order valence-corrected chi connectivity index (χ3v) is 6.72. The number of hydrogen-bond donors (Lipinski definition) is 3. The average molecular weight is 487 g/mol. The molecule has 1 aliphatic heterocycles. The molecule has 0 spiro atoms. The molecule has 2 heterocycles. The molecule has 3 amide bonds. The summed E-state index contributed by atoms with van der Waals surface area (Å²) in [5.41, 5.74) is 11.2. The van der Waals surface area contributed by atoms with E-state index in [2.05, 4.69) is 15.3 Å². The van der Waals surface area contributed by atoms with Gasteiger partial charge in [-0.15, -0.1) is 0 Å². The molecule has 1 aliphatic carbocycles. The van der Waals surface area contributed by atoms with Gasteiger partial charge in [0.05, 0.1) is 6.54 Å². The molecule has 0 bridgehead atoms. The predicted molar refractivity (Wildman–Crippen MR) is 132 cm³/mol. The maximum atomic E-state index is 13.6. The first kappa shape index (κ1) is 26.6. The molecule has 192 valence electrons. The summed E-state index contributed by atoms with van der Waals surface area (Å²) in [6.07, 6.45) is 7.43. The van der Waals surface area contributed by atoms with Gasteiger partial charge in [-0.25, -0.2) is 4.79 Å². The molecule has 0 aromatic carbocycles. The SMILES string of the molecule is CC(C)(C)OC(=O)N=C(N)c1ccc(CNC(=O)[C@]2(C3CCCCC3)CCCN2C(=O)CN)cn1. The average Bonchev–Trinajstić information content (AvgIpc) is 3.28. The van der Waals surface area contributed by atoms with Crippen molar-refractivity contribution in [1.82, 2.24) is 15.2 Å². The zero-order valence-corrected chi connectivity index (χ0v) is 21.0. The van der Waals surface area contributed by atoms with Crippen LogP contribution in [0.4, 0.5) is 4.79 Å². The number of nitrogens with two attached hydrogens (primary N) is 2. The lowest BCUT2D eigenvalue weighted by Gasteiger charge is -2.44. The number of likely N-dealkylation sites (tertiary alicyclic amines) is 1. The Morgan fingerprint density at radius 1 is 1.20 bits per heavy atom. The molecular weight excluding hydrogens is 448 g/mol. The van der Waals surface area contributed by atoms with Crippen LogP contribution in [0.25, 0.3) is 0 Å². The van der Waals surface area contributed by atoms with E-state index in [1.165, 1.54) is 0 Å². The number of amidine groups is 1. The van der Waals surface area contributed by atoms with Gasteiger partial charge in [0.15, 0.2) is 5.84 Å². The number of carbonyl (C=O) groups is 3. The Hall–Kier alpha value is -3.01. The fourth-order valence-electron chi connectivity index (χ4n) is 5.18. The molecular formula is C25H38N6O4. The summed E-state index contributed by atoms with van der Waals surface area (Å²) >= 11 is 0. The van der Waals surface area contributed by atoms with E-state index < -0.39 is 17.2 Å². The van der Waals surface area contributed by atoms with Gasteiger partial charge < -0.3 is 26.4 Å². The van der Waals surface area contributed by atoms with Crippen LogP contribution in [0.2, 0.25) is 0 Å². The molecule has 3 rings (SSSR count). The van der Waals surface area contributed by atoms with E-state index in [4.69, 9.17) is 16.2 Å². The predicted octanol–water partition coefficient (Wildman–Crippen LogP) is 2.24. The van der Waals surface area contributed by atoms with Gasteiger partial charge in [-0.3, -0.25) is 14.6 Å². The molecule has 2 aliphatic rings. The number of carbonyl (C=O) groups excluding carboxylic acids is 3. The third kappa shape index (κ3) is 6.36. The minimum absolute atomic E-state index is 0.0482. The Balaban J connectivity index is 1.70.